The summed E-state index contributed by atoms with van der Waals surface area (Å²) in [5, 5.41) is 13.4. The Bertz CT molecular complexity index is 423. The standard InChI is InChI=1S/C15H28N4O2/c1-5-13(10-20)19-8-6-18(7-9-19)12(4)15-16-14(11(2)3)17-21-15/h11-13,20H,5-10H2,1-4H3. The molecule has 6 nitrogen and oxygen atoms in total. The molecule has 0 amide bonds. The Kier molecular flexibility index (Phi) is 5.72. The predicted octanol–water partition coefficient (Wildman–Crippen LogP) is 1.64. The normalized spacial score (nSPS) is 20.9. The quantitative estimate of drug-likeness (QED) is 0.861. The zero-order valence-corrected chi connectivity index (χ0v) is 13.6. The average molecular weight is 296 g/mol. The van der Waals surface area contributed by atoms with Crippen LogP contribution in [0, 0.1) is 0 Å². The lowest BCUT2D eigenvalue weighted by atomic mass is 10.1. The van der Waals surface area contributed by atoms with Gasteiger partial charge in [0.15, 0.2) is 5.82 Å². The lowest BCUT2D eigenvalue weighted by molar-refractivity contribution is 0.0422. The molecule has 0 spiro atoms. The van der Waals surface area contributed by atoms with E-state index in [2.05, 4.69) is 47.6 Å². The van der Waals surface area contributed by atoms with Crippen LogP contribution in [0.2, 0.25) is 0 Å². The van der Waals surface area contributed by atoms with Crippen molar-refractivity contribution in [1.29, 1.82) is 0 Å². The summed E-state index contributed by atoms with van der Waals surface area (Å²) in [5.74, 6) is 1.78. The van der Waals surface area contributed by atoms with Crippen LogP contribution < -0.4 is 0 Å². The van der Waals surface area contributed by atoms with Crippen molar-refractivity contribution in [1.82, 2.24) is 19.9 Å². The lowest BCUT2D eigenvalue weighted by Gasteiger charge is -2.39. The van der Waals surface area contributed by atoms with Crippen LogP contribution in [0.3, 0.4) is 0 Å². The highest BCUT2D eigenvalue weighted by Crippen LogP contribution is 2.22. The van der Waals surface area contributed by atoms with Gasteiger partial charge < -0.3 is 9.63 Å². The number of piperazine rings is 1. The van der Waals surface area contributed by atoms with Crippen molar-refractivity contribution in [3.63, 3.8) is 0 Å². The van der Waals surface area contributed by atoms with E-state index in [0.29, 0.717) is 17.9 Å². The van der Waals surface area contributed by atoms with Crippen molar-refractivity contribution in [2.45, 2.75) is 52.1 Å². The molecule has 1 aromatic heterocycles. The van der Waals surface area contributed by atoms with Crippen LogP contribution in [-0.2, 0) is 0 Å². The summed E-state index contributed by atoms with van der Waals surface area (Å²) in [6.07, 6.45) is 0.994. The molecule has 0 aliphatic carbocycles. The molecule has 2 atom stereocenters. The van der Waals surface area contributed by atoms with Crippen LogP contribution >= 0.6 is 0 Å². The van der Waals surface area contributed by atoms with E-state index in [1.54, 1.807) is 0 Å². The molecule has 0 aromatic carbocycles. The van der Waals surface area contributed by atoms with Gasteiger partial charge in [-0.3, -0.25) is 9.80 Å². The van der Waals surface area contributed by atoms with E-state index in [9.17, 15) is 5.11 Å². The van der Waals surface area contributed by atoms with Crippen molar-refractivity contribution in [3.8, 4) is 0 Å². The Morgan fingerprint density at radius 3 is 2.24 bits per heavy atom. The van der Waals surface area contributed by atoms with Crippen LogP contribution in [-0.4, -0.2) is 63.9 Å². The van der Waals surface area contributed by atoms with Gasteiger partial charge in [0.1, 0.15) is 0 Å². The van der Waals surface area contributed by atoms with Crippen LogP contribution in [0.5, 0.6) is 0 Å². The van der Waals surface area contributed by atoms with Gasteiger partial charge in [-0.15, -0.1) is 0 Å². The Labute approximate surface area is 127 Å². The van der Waals surface area contributed by atoms with E-state index in [1.807, 2.05) is 0 Å². The number of hydrogen-bond acceptors (Lipinski definition) is 6. The number of hydrogen-bond donors (Lipinski definition) is 1. The van der Waals surface area contributed by atoms with Gasteiger partial charge in [-0.1, -0.05) is 25.9 Å². The third kappa shape index (κ3) is 3.81. The van der Waals surface area contributed by atoms with E-state index in [-0.39, 0.29) is 12.6 Å². The first kappa shape index (κ1) is 16.4. The molecule has 2 unspecified atom stereocenters. The first-order valence-electron chi connectivity index (χ1n) is 7.99. The number of aliphatic hydroxyl groups excluding tert-OH is 1. The number of rotatable bonds is 6. The first-order chi connectivity index (χ1) is 10.1. The fraction of sp³-hybridized carbons (Fsp3) is 0.867. The molecular weight excluding hydrogens is 268 g/mol. The van der Waals surface area contributed by atoms with Gasteiger partial charge in [0.2, 0.25) is 5.89 Å². The Hall–Kier alpha value is -0.980. The highest BCUT2D eigenvalue weighted by molar-refractivity contribution is 4.96. The topological polar surface area (TPSA) is 65.6 Å². The molecule has 2 heterocycles. The molecule has 1 aliphatic rings. The summed E-state index contributed by atoms with van der Waals surface area (Å²) >= 11 is 0. The van der Waals surface area contributed by atoms with Crippen LogP contribution in [0.4, 0.5) is 0 Å². The van der Waals surface area contributed by atoms with Crippen molar-refractivity contribution >= 4 is 0 Å². The minimum Gasteiger partial charge on any atom is -0.395 e. The SMILES string of the molecule is CCC(CO)N1CCN(C(C)c2nc(C(C)C)no2)CC1. The number of nitrogens with zero attached hydrogens (tertiary/aromatic N) is 4. The van der Waals surface area contributed by atoms with E-state index < -0.39 is 0 Å². The van der Waals surface area contributed by atoms with Gasteiger partial charge in [0.05, 0.1) is 12.6 Å². The monoisotopic (exact) mass is 296 g/mol. The zero-order valence-electron chi connectivity index (χ0n) is 13.6. The van der Waals surface area contributed by atoms with Gasteiger partial charge in [0, 0.05) is 38.1 Å². The summed E-state index contributed by atoms with van der Waals surface area (Å²) in [6.45, 7) is 12.5. The minimum atomic E-state index is 0.154. The first-order valence-corrected chi connectivity index (χ1v) is 7.99. The Balaban J connectivity index is 1.91. The van der Waals surface area contributed by atoms with Crippen molar-refractivity contribution < 1.29 is 9.63 Å². The molecule has 0 bridgehead atoms. The summed E-state index contributed by atoms with van der Waals surface area (Å²) < 4.78 is 5.40. The average Bonchev–Trinajstić information content (AvgIpc) is 2.98. The second kappa shape index (κ2) is 7.33. The third-order valence-electron chi connectivity index (χ3n) is 4.43. The maximum absolute atomic E-state index is 9.40. The van der Waals surface area contributed by atoms with Crippen LogP contribution in [0.15, 0.2) is 4.52 Å². The smallest absolute Gasteiger partial charge is 0.243 e. The van der Waals surface area contributed by atoms with Gasteiger partial charge in [-0.25, -0.2) is 0 Å². The molecule has 1 aliphatic heterocycles. The molecule has 2 rings (SSSR count). The molecule has 1 fully saturated rings. The summed E-state index contributed by atoms with van der Waals surface area (Å²) in [6, 6.07) is 0.444. The summed E-state index contributed by atoms with van der Waals surface area (Å²) in [7, 11) is 0. The van der Waals surface area contributed by atoms with Crippen LogP contribution in [0.1, 0.15) is 57.8 Å². The third-order valence-corrected chi connectivity index (χ3v) is 4.43. The Morgan fingerprint density at radius 2 is 1.76 bits per heavy atom. The van der Waals surface area contributed by atoms with Crippen molar-refractivity contribution in [2.24, 2.45) is 0 Å². The molecule has 1 saturated heterocycles. The maximum Gasteiger partial charge on any atom is 0.243 e. The Morgan fingerprint density at radius 1 is 1.14 bits per heavy atom. The number of aliphatic hydroxyl groups is 1. The predicted molar refractivity (Wildman–Crippen MR) is 81.1 cm³/mol. The molecule has 6 heteroatoms. The van der Waals surface area contributed by atoms with Gasteiger partial charge in [-0.2, -0.15) is 4.98 Å². The molecular formula is C15H28N4O2. The highest BCUT2D eigenvalue weighted by atomic mass is 16.5. The fourth-order valence-electron chi connectivity index (χ4n) is 2.80. The molecule has 1 aromatic rings. The van der Waals surface area contributed by atoms with E-state index >= 15 is 0 Å². The summed E-state index contributed by atoms with van der Waals surface area (Å²) in [5.41, 5.74) is 0. The lowest BCUT2D eigenvalue weighted by Crippen LogP contribution is -2.51. The molecule has 120 valence electrons. The van der Waals surface area contributed by atoms with Gasteiger partial charge in [-0.05, 0) is 13.3 Å². The maximum atomic E-state index is 9.40. The summed E-state index contributed by atoms with van der Waals surface area (Å²) in [4.78, 5) is 9.24. The zero-order chi connectivity index (χ0) is 15.4. The van der Waals surface area contributed by atoms with Gasteiger partial charge in [0.25, 0.3) is 0 Å². The largest absolute Gasteiger partial charge is 0.395 e. The highest BCUT2D eigenvalue weighted by Gasteiger charge is 2.28. The van der Waals surface area contributed by atoms with E-state index in [1.165, 1.54) is 0 Å². The van der Waals surface area contributed by atoms with E-state index in [0.717, 1.165) is 38.4 Å². The second-order valence-electron chi connectivity index (χ2n) is 6.14. The van der Waals surface area contributed by atoms with Crippen molar-refractivity contribution in [3.05, 3.63) is 11.7 Å². The second-order valence-corrected chi connectivity index (χ2v) is 6.14. The molecule has 0 radical (unpaired) electrons. The molecule has 21 heavy (non-hydrogen) atoms. The van der Waals surface area contributed by atoms with Crippen molar-refractivity contribution in [2.75, 3.05) is 32.8 Å². The molecule has 0 saturated carbocycles. The minimum absolute atomic E-state index is 0.154. The van der Waals surface area contributed by atoms with Gasteiger partial charge >= 0.3 is 0 Å². The van der Waals surface area contributed by atoms with Crippen LogP contribution in [0.25, 0.3) is 0 Å². The number of aromatic nitrogens is 2. The fourth-order valence-corrected chi connectivity index (χ4v) is 2.80. The molecule has 1 N–H and O–H groups in total. The van der Waals surface area contributed by atoms with E-state index in [4.69, 9.17) is 4.52 Å².